The fourth-order valence-corrected chi connectivity index (χ4v) is 2.02. The molecule has 1 heterocycles. The van der Waals surface area contributed by atoms with Crippen molar-refractivity contribution in [3.8, 4) is 0 Å². The molecule has 0 fully saturated rings. The topological polar surface area (TPSA) is 58.4 Å². The molecule has 1 aliphatic rings. The second-order valence-corrected chi connectivity index (χ2v) is 5.47. The molecule has 2 amide bonds. The van der Waals surface area contributed by atoms with E-state index in [9.17, 15) is 4.79 Å². The lowest BCUT2D eigenvalue weighted by atomic mass is 10.1. The molecule has 0 bridgehead atoms. The van der Waals surface area contributed by atoms with Crippen LogP contribution in [0.25, 0.3) is 0 Å². The van der Waals surface area contributed by atoms with E-state index in [1.54, 1.807) is 4.90 Å². The van der Waals surface area contributed by atoms with Gasteiger partial charge in [-0.1, -0.05) is 0 Å². The molecule has 0 aromatic heterocycles. The van der Waals surface area contributed by atoms with Crippen molar-refractivity contribution in [2.45, 2.75) is 32.7 Å². The summed E-state index contributed by atoms with van der Waals surface area (Å²) in [5.74, 6) is 0. The summed E-state index contributed by atoms with van der Waals surface area (Å²) in [6, 6.07) is 5.65. The Morgan fingerprint density at radius 2 is 2.12 bits per heavy atom. The smallest absolute Gasteiger partial charge is 0.322 e. The lowest BCUT2D eigenvalue weighted by Crippen LogP contribution is -2.48. The van der Waals surface area contributed by atoms with Crippen molar-refractivity contribution >= 4 is 17.4 Å². The first-order valence-corrected chi connectivity index (χ1v) is 5.85. The summed E-state index contributed by atoms with van der Waals surface area (Å²) >= 11 is 0. The monoisotopic (exact) mass is 233 g/mol. The van der Waals surface area contributed by atoms with Gasteiger partial charge in [-0.3, -0.25) is 4.90 Å². The molecule has 2 rings (SSSR count). The molecule has 0 aliphatic carbocycles. The summed E-state index contributed by atoms with van der Waals surface area (Å²) in [5.41, 5.74) is 8.39. The fraction of sp³-hybridized carbons (Fsp3) is 0.462. The average Bonchev–Trinajstić information content (AvgIpc) is 2.57. The number of fused-ring (bicyclic) bond motifs is 1. The summed E-state index contributed by atoms with van der Waals surface area (Å²) < 4.78 is 0. The molecular weight excluding hydrogens is 214 g/mol. The van der Waals surface area contributed by atoms with Crippen LogP contribution in [0.2, 0.25) is 0 Å². The Hall–Kier alpha value is -1.71. The second kappa shape index (κ2) is 3.95. The van der Waals surface area contributed by atoms with E-state index >= 15 is 0 Å². The highest BCUT2D eigenvalue weighted by Crippen LogP contribution is 2.29. The number of rotatable bonds is 0. The Labute approximate surface area is 102 Å². The second-order valence-electron chi connectivity index (χ2n) is 5.47. The highest BCUT2D eigenvalue weighted by atomic mass is 16.2. The molecule has 0 saturated heterocycles. The molecule has 4 heteroatoms. The van der Waals surface area contributed by atoms with Crippen LogP contribution in [0.3, 0.4) is 0 Å². The lowest BCUT2D eigenvalue weighted by Gasteiger charge is -2.25. The number of nitrogens with one attached hydrogen (secondary N) is 1. The van der Waals surface area contributed by atoms with Gasteiger partial charge in [-0.2, -0.15) is 0 Å². The van der Waals surface area contributed by atoms with E-state index < -0.39 is 0 Å². The third kappa shape index (κ3) is 2.52. The van der Waals surface area contributed by atoms with Crippen molar-refractivity contribution < 1.29 is 4.79 Å². The zero-order valence-electron chi connectivity index (χ0n) is 10.6. The van der Waals surface area contributed by atoms with Crippen LogP contribution in [-0.4, -0.2) is 18.1 Å². The van der Waals surface area contributed by atoms with Gasteiger partial charge < -0.3 is 11.1 Å². The molecule has 0 atom stereocenters. The molecule has 3 N–H and O–H groups in total. The van der Waals surface area contributed by atoms with E-state index in [1.165, 1.54) is 0 Å². The van der Waals surface area contributed by atoms with Gasteiger partial charge in [0.25, 0.3) is 0 Å². The molecule has 4 nitrogen and oxygen atoms in total. The maximum absolute atomic E-state index is 12.1. The number of nitrogens with zero attached hydrogens (tertiary/aromatic N) is 1. The molecule has 1 aromatic carbocycles. The minimum absolute atomic E-state index is 0.0407. The average molecular weight is 233 g/mol. The van der Waals surface area contributed by atoms with Gasteiger partial charge in [-0.15, -0.1) is 0 Å². The predicted octanol–water partition coefficient (Wildman–Crippen LogP) is 2.14. The first kappa shape index (κ1) is 11.8. The van der Waals surface area contributed by atoms with E-state index in [-0.39, 0.29) is 11.6 Å². The number of hydrogen-bond acceptors (Lipinski definition) is 2. The van der Waals surface area contributed by atoms with Crippen LogP contribution >= 0.6 is 0 Å². The molecule has 0 spiro atoms. The van der Waals surface area contributed by atoms with Crippen molar-refractivity contribution in [3.63, 3.8) is 0 Å². The normalized spacial score (nSPS) is 14.6. The molecule has 0 saturated carbocycles. The van der Waals surface area contributed by atoms with Crippen LogP contribution in [0.4, 0.5) is 16.2 Å². The summed E-state index contributed by atoms with van der Waals surface area (Å²) in [4.78, 5) is 13.9. The maximum Gasteiger partial charge on any atom is 0.322 e. The molecule has 92 valence electrons. The van der Waals surface area contributed by atoms with Gasteiger partial charge in [0.05, 0.1) is 0 Å². The quantitative estimate of drug-likeness (QED) is 0.674. The third-order valence-corrected chi connectivity index (χ3v) is 2.73. The Balaban J connectivity index is 2.20. The molecule has 0 radical (unpaired) electrons. The molecule has 1 aromatic rings. The predicted molar refractivity (Wildman–Crippen MR) is 70.2 cm³/mol. The van der Waals surface area contributed by atoms with Gasteiger partial charge in [-0.05, 0) is 51.0 Å². The van der Waals surface area contributed by atoms with Gasteiger partial charge >= 0.3 is 6.03 Å². The number of hydrogen-bond donors (Lipinski definition) is 2. The largest absolute Gasteiger partial charge is 0.399 e. The van der Waals surface area contributed by atoms with Gasteiger partial charge in [0, 0.05) is 23.5 Å². The van der Waals surface area contributed by atoms with Crippen molar-refractivity contribution in [1.82, 2.24) is 5.32 Å². The zero-order chi connectivity index (χ0) is 12.6. The van der Waals surface area contributed by atoms with Gasteiger partial charge in [0.15, 0.2) is 0 Å². The Kier molecular flexibility index (Phi) is 2.73. The number of carbonyl (C=O) groups excluding carboxylic acids is 1. The van der Waals surface area contributed by atoms with Gasteiger partial charge in [0.2, 0.25) is 0 Å². The molecular formula is C13H19N3O. The maximum atomic E-state index is 12.1. The Morgan fingerprint density at radius 1 is 1.41 bits per heavy atom. The lowest BCUT2D eigenvalue weighted by molar-refractivity contribution is 0.238. The molecule has 0 unspecified atom stereocenters. The van der Waals surface area contributed by atoms with Crippen molar-refractivity contribution in [2.24, 2.45) is 0 Å². The van der Waals surface area contributed by atoms with Crippen LogP contribution in [0.15, 0.2) is 18.2 Å². The van der Waals surface area contributed by atoms with Gasteiger partial charge in [-0.25, -0.2) is 4.79 Å². The molecule has 17 heavy (non-hydrogen) atoms. The SMILES string of the molecule is CC(C)(C)NC(=O)N1CCc2cc(N)ccc21. The highest BCUT2D eigenvalue weighted by molar-refractivity contribution is 5.94. The third-order valence-electron chi connectivity index (χ3n) is 2.73. The van der Waals surface area contributed by atoms with Crippen LogP contribution in [0, 0.1) is 0 Å². The van der Waals surface area contributed by atoms with Crippen LogP contribution < -0.4 is 16.0 Å². The van der Waals surface area contributed by atoms with Crippen molar-refractivity contribution in [1.29, 1.82) is 0 Å². The first-order valence-electron chi connectivity index (χ1n) is 5.85. The summed E-state index contributed by atoms with van der Waals surface area (Å²) in [7, 11) is 0. The standard InChI is InChI=1S/C13H19N3O/c1-13(2,3)15-12(17)16-7-6-9-8-10(14)4-5-11(9)16/h4-5,8H,6-7,14H2,1-3H3,(H,15,17). The number of amides is 2. The number of urea groups is 1. The van der Waals surface area contributed by atoms with Crippen LogP contribution in [0.5, 0.6) is 0 Å². The van der Waals surface area contributed by atoms with Crippen LogP contribution in [0.1, 0.15) is 26.3 Å². The van der Waals surface area contributed by atoms with Crippen molar-refractivity contribution in [2.75, 3.05) is 17.2 Å². The highest BCUT2D eigenvalue weighted by Gasteiger charge is 2.26. The van der Waals surface area contributed by atoms with Crippen molar-refractivity contribution in [3.05, 3.63) is 23.8 Å². The zero-order valence-corrected chi connectivity index (χ0v) is 10.6. The number of carbonyl (C=O) groups is 1. The van der Waals surface area contributed by atoms with E-state index in [4.69, 9.17) is 5.73 Å². The summed E-state index contributed by atoms with van der Waals surface area (Å²) in [5, 5.41) is 2.97. The van der Waals surface area contributed by atoms with E-state index in [0.717, 1.165) is 29.9 Å². The fourth-order valence-electron chi connectivity index (χ4n) is 2.02. The molecule has 1 aliphatic heterocycles. The first-order chi connectivity index (χ1) is 7.87. The number of nitrogens with two attached hydrogens (primary N) is 1. The van der Waals surface area contributed by atoms with E-state index in [2.05, 4.69) is 5.32 Å². The Morgan fingerprint density at radius 3 is 2.76 bits per heavy atom. The van der Waals surface area contributed by atoms with E-state index in [1.807, 2.05) is 39.0 Å². The number of nitrogen functional groups attached to an aromatic ring is 1. The van der Waals surface area contributed by atoms with Gasteiger partial charge in [0.1, 0.15) is 0 Å². The number of benzene rings is 1. The minimum atomic E-state index is -0.215. The summed E-state index contributed by atoms with van der Waals surface area (Å²) in [6.45, 7) is 6.65. The number of anilines is 2. The minimum Gasteiger partial charge on any atom is -0.399 e. The Bertz CT molecular complexity index is 448. The summed E-state index contributed by atoms with van der Waals surface area (Å²) in [6.07, 6.45) is 0.873. The van der Waals surface area contributed by atoms with Crippen LogP contribution in [-0.2, 0) is 6.42 Å². The van der Waals surface area contributed by atoms with E-state index in [0.29, 0.717) is 0 Å².